The van der Waals surface area contributed by atoms with Crippen molar-refractivity contribution in [3.63, 3.8) is 0 Å². The van der Waals surface area contributed by atoms with Crippen molar-refractivity contribution in [2.75, 3.05) is 18.4 Å². The number of piperidine rings is 1. The zero-order chi connectivity index (χ0) is 20.3. The molecule has 2 unspecified atom stereocenters. The molecular weight excluding hydrogens is 374 g/mol. The van der Waals surface area contributed by atoms with Crippen molar-refractivity contribution in [2.45, 2.75) is 25.2 Å². The maximum absolute atomic E-state index is 13.1. The maximum Gasteiger partial charge on any atom is 0.255 e. The molecule has 28 heavy (non-hydrogen) atoms. The average molecular weight is 398 g/mol. The summed E-state index contributed by atoms with van der Waals surface area (Å²) in [6, 6.07) is 14.6. The predicted octanol–water partition coefficient (Wildman–Crippen LogP) is 3.48. The molecule has 0 aliphatic carbocycles. The Balaban J connectivity index is 1.83. The van der Waals surface area contributed by atoms with Crippen LogP contribution in [0.1, 0.15) is 36.2 Å². The topological polar surface area (TPSA) is 90.3 Å². The third-order valence-electron chi connectivity index (χ3n) is 4.82. The van der Waals surface area contributed by atoms with Crippen molar-refractivity contribution in [1.82, 2.24) is 4.31 Å². The van der Waals surface area contributed by atoms with Crippen molar-refractivity contribution in [3.05, 3.63) is 59.7 Å². The van der Waals surface area contributed by atoms with Gasteiger partial charge in [-0.2, -0.15) is 9.57 Å². The zero-order valence-corrected chi connectivity index (χ0v) is 16.7. The number of nitrogens with one attached hydrogen (secondary N) is 1. The van der Waals surface area contributed by atoms with Crippen molar-refractivity contribution in [2.24, 2.45) is 11.8 Å². The molecular formula is C21H23N3O3S. The molecule has 1 heterocycles. The quantitative estimate of drug-likeness (QED) is 0.855. The Morgan fingerprint density at radius 1 is 1.11 bits per heavy atom. The van der Waals surface area contributed by atoms with Gasteiger partial charge in [0.1, 0.15) is 0 Å². The summed E-state index contributed by atoms with van der Waals surface area (Å²) < 4.78 is 27.6. The predicted molar refractivity (Wildman–Crippen MR) is 107 cm³/mol. The third-order valence-corrected chi connectivity index (χ3v) is 6.65. The second-order valence-corrected chi connectivity index (χ2v) is 9.38. The molecule has 6 nitrogen and oxygen atoms in total. The Morgan fingerprint density at radius 3 is 2.46 bits per heavy atom. The maximum atomic E-state index is 13.1. The highest BCUT2D eigenvalue weighted by molar-refractivity contribution is 7.89. The van der Waals surface area contributed by atoms with Crippen LogP contribution in [0, 0.1) is 23.2 Å². The largest absolute Gasteiger partial charge is 0.322 e. The van der Waals surface area contributed by atoms with Gasteiger partial charge in [0.25, 0.3) is 5.91 Å². The summed E-state index contributed by atoms with van der Waals surface area (Å²) in [4.78, 5) is 12.7. The molecule has 2 atom stereocenters. The molecule has 1 fully saturated rings. The Kier molecular flexibility index (Phi) is 5.82. The molecule has 146 valence electrons. The minimum Gasteiger partial charge on any atom is -0.322 e. The number of nitriles is 1. The summed E-state index contributed by atoms with van der Waals surface area (Å²) in [6.45, 7) is 5.09. The molecule has 0 spiro atoms. The molecule has 0 radical (unpaired) electrons. The van der Waals surface area contributed by atoms with Crippen LogP contribution >= 0.6 is 0 Å². The van der Waals surface area contributed by atoms with E-state index in [2.05, 4.69) is 19.2 Å². The van der Waals surface area contributed by atoms with Gasteiger partial charge in [-0.15, -0.1) is 0 Å². The number of nitrogens with zero attached hydrogens (tertiary/aromatic N) is 2. The van der Waals surface area contributed by atoms with E-state index >= 15 is 0 Å². The van der Waals surface area contributed by atoms with Gasteiger partial charge in [0.2, 0.25) is 10.0 Å². The minimum atomic E-state index is -3.66. The van der Waals surface area contributed by atoms with Gasteiger partial charge in [0.05, 0.1) is 16.5 Å². The molecule has 1 aliphatic rings. The lowest BCUT2D eigenvalue weighted by atomic mass is 9.94. The van der Waals surface area contributed by atoms with Crippen LogP contribution in [0.2, 0.25) is 0 Å². The van der Waals surface area contributed by atoms with Crippen LogP contribution in [0.5, 0.6) is 0 Å². The van der Waals surface area contributed by atoms with Crippen LogP contribution in [0.4, 0.5) is 5.69 Å². The number of carbonyl (C=O) groups is 1. The van der Waals surface area contributed by atoms with E-state index in [0.717, 1.165) is 6.42 Å². The first-order valence-electron chi connectivity index (χ1n) is 9.21. The molecule has 0 saturated carbocycles. The van der Waals surface area contributed by atoms with E-state index in [1.165, 1.54) is 16.4 Å². The van der Waals surface area contributed by atoms with Crippen LogP contribution < -0.4 is 5.32 Å². The Labute approximate surface area is 165 Å². The van der Waals surface area contributed by atoms with Gasteiger partial charge in [-0.3, -0.25) is 4.79 Å². The fourth-order valence-corrected chi connectivity index (χ4v) is 5.34. The minimum absolute atomic E-state index is 0.118. The van der Waals surface area contributed by atoms with Gasteiger partial charge in [-0.05, 0) is 54.7 Å². The van der Waals surface area contributed by atoms with E-state index < -0.39 is 15.9 Å². The lowest BCUT2D eigenvalue weighted by Gasteiger charge is -2.34. The second kappa shape index (κ2) is 8.13. The van der Waals surface area contributed by atoms with Crippen LogP contribution in [-0.4, -0.2) is 31.7 Å². The molecule has 3 rings (SSSR count). The van der Waals surface area contributed by atoms with Gasteiger partial charge in [0, 0.05) is 24.3 Å². The highest BCUT2D eigenvalue weighted by atomic mass is 32.2. The van der Waals surface area contributed by atoms with E-state index in [1.54, 1.807) is 36.4 Å². The summed E-state index contributed by atoms with van der Waals surface area (Å²) in [5, 5.41) is 11.7. The Hall–Kier alpha value is -2.69. The first-order valence-corrected chi connectivity index (χ1v) is 10.7. The zero-order valence-electron chi connectivity index (χ0n) is 15.9. The smallest absolute Gasteiger partial charge is 0.255 e. The van der Waals surface area contributed by atoms with Crippen LogP contribution in [0.15, 0.2) is 53.4 Å². The summed E-state index contributed by atoms with van der Waals surface area (Å²) in [6.07, 6.45) is 1.01. The van der Waals surface area contributed by atoms with E-state index in [1.807, 2.05) is 6.07 Å². The van der Waals surface area contributed by atoms with Crippen LogP contribution in [0.3, 0.4) is 0 Å². The van der Waals surface area contributed by atoms with Gasteiger partial charge in [-0.1, -0.05) is 26.0 Å². The highest BCUT2D eigenvalue weighted by Crippen LogP contribution is 2.27. The number of benzene rings is 2. The van der Waals surface area contributed by atoms with Gasteiger partial charge >= 0.3 is 0 Å². The number of hydrogen-bond acceptors (Lipinski definition) is 4. The number of rotatable bonds is 4. The lowest BCUT2D eigenvalue weighted by molar-refractivity contribution is 0.102. The highest BCUT2D eigenvalue weighted by Gasteiger charge is 2.31. The summed E-state index contributed by atoms with van der Waals surface area (Å²) >= 11 is 0. The molecule has 0 bridgehead atoms. The SMILES string of the molecule is CC1CC(C)CN(S(=O)(=O)c2cccc(C(=O)Nc3cccc(C#N)c3)c2)C1. The number of anilines is 1. The fraction of sp³-hybridized carbons (Fsp3) is 0.333. The first-order chi connectivity index (χ1) is 13.3. The molecule has 1 aliphatic heterocycles. The van der Waals surface area contributed by atoms with E-state index in [4.69, 9.17) is 5.26 Å². The van der Waals surface area contributed by atoms with E-state index in [0.29, 0.717) is 36.2 Å². The summed E-state index contributed by atoms with van der Waals surface area (Å²) in [7, 11) is -3.66. The van der Waals surface area contributed by atoms with Gasteiger partial charge < -0.3 is 5.32 Å². The molecule has 1 N–H and O–H groups in total. The number of carbonyl (C=O) groups excluding carboxylic acids is 1. The fourth-order valence-electron chi connectivity index (χ4n) is 3.62. The van der Waals surface area contributed by atoms with Crippen LogP contribution in [-0.2, 0) is 10.0 Å². The van der Waals surface area contributed by atoms with Crippen molar-refractivity contribution in [3.8, 4) is 6.07 Å². The molecule has 2 aromatic carbocycles. The molecule has 1 amide bonds. The van der Waals surface area contributed by atoms with E-state index in [-0.39, 0.29) is 10.5 Å². The van der Waals surface area contributed by atoms with Crippen molar-refractivity contribution >= 4 is 21.6 Å². The summed E-state index contributed by atoms with van der Waals surface area (Å²) in [5.41, 5.74) is 1.17. The first kappa shape index (κ1) is 20.1. The van der Waals surface area contributed by atoms with E-state index in [9.17, 15) is 13.2 Å². The number of amides is 1. The molecule has 7 heteroatoms. The third kappa shape index (κ3) is 4.41. The lowest BCUT2D eigenvalue weighted by Crippen LogP contribution is -2.42. The van der Waals surface area contributed by atoms with Crippen molar-refractivity contribution in [1.29, 1.82) is 5.26 Å². The van der Waals surface area contributed by atoms with Crippen LogP contribution in [0.25, 0.3) is 0 Å². The van der Waals surface area contributed by atoms with Gasteiger partial charge in [-0.25, -0.2) is 8.42 Å². The Bertz CT molecular complexity index is 1020. The Morgan fingerprint density at radius 2 is 1.79 bits per heavy atom. The molecule has 0 aromatic heterocycles. The van der Waals surface area contributed by atoms with Gasteiger partial charge in [0.15, 0.2) is 0 Å². The van der Waals surface area contributed by atoms with Crippen molar-refractivity contribution < 1.29 is 13.2 Å². The summed E-state index contributed by atoms with van der Waals surface area (Å²) in [5.74, 6) is 0.183. The monoisotopic (exact) mass is 397 g/mol. The number of hydrogen-bond donors (Lipinski definition) is 1. The molecule has 1 saturated heterocycles. The normalized spacial score (nSPS) is 20.3. The molecule has 2 aromatic rings. The standard InChI is InChI=1S/C21H23N3O3S/c1-15-9-16(2)14-24(13-15)28(26,27)20-8-4-6-18(11-20)21(25)23-19-7-3-5-17(10-19)12-22/h3-8,10-11,15-16H,9,13-14H2,1-2H3,(H,23,25). The number of sulfonamides is 1. The average Bonchev–Trinajstić information content (AvgIpc) is 2.67. The second-order valence-electron chi connectivity index (χ2n) is 7.44.